The van der Waals surface area contributed by atoms with Crippen molar-refractivity contribution in [3.63, 3.8) is 0 Å². The number of pyridine rings is 1. The molecule has 140 valence electrons. The van der Waals surface area contributed by atoms with Gasteiger partial charge in [-0.15, -0.1) is 11.8 Å². The number of piperidine rings is 1. The molecule has 1 aromatic rings. The molecule has 1 saturated heterocycles. The van der Waals surface area contributed by atoms with Crippen molar-refractivity contribution in [2.75, 3.05) is 25.4 Å². The predicted octanol–water partition coefficient (Wildman–Crippen LogP) is 4.01. The number of carbonyl (C=O) groups is 1. The Hall–Kier alpha value is -1.22. The number of hydrogen-bond acceptors (Lipinski definition) is 5. The first kappa shape index (κ1) is 19.5. The molecule has 0 N–H and O–H groups in total. The van der Waals surface area contributed by atoms with E-state index in [2.05, 4.69) is 21.7 Å². The van der Waals surface area contributed by atoms with Gasteiger partial charge in [-0.1, -0.05) is 17.5 Å². The average Bonchev–Trinajstić information content (AvgIpc) is 3.48. The Balaban J connectivity index is 1.53. The molecule has 2 aliphatic rings. The van der Waals surface area contributed by atoms with Gasteiger partial charge in [0.15, 0.2) is 0 Å². The summed E-state index contributed by atoms with van der Waals surface area (Å²) in [5.74, 6) is 7.44. The van der Waals surface area contributed by atoms with Gasteiger partial charge in [-0.2, -0.15) is 0 Å². The van der Waals surface area contributed by atoms with Crippen molar-refractivity contribution in [3.8, 4) is 11.8 Å². The van der Waals surface area contributed by atoms with Gasteiger partial charge in [-0.25, -0.2) is 4.98 Å². The first-order chi connectivity index (χ1) is 12.7. The zero-order chi connectivity index (χ0) is 18.4. The number of thioether (sulfide) groups is 1. The largest absolute Gasteiger partial charge is 0.466 e. The number of likely N-dealkylation sites (tertiary alicyclic amines) is 1. The van der Waals surface area contributed by atoms with Crippen molar-refractivity contribution in [3.05, 3.63) is 23.0 Å². The Morgan fingerprint density at radius 1 is 1.38 bits per heavy atom. The number of esters is 1. The molecule has 0 atom stereocenters. The second-order valence-corrected chi connectivity index (χ2v) is 8.20. The maximum absolute atomic E-state index is 11.4. The van der Waals surface area contributed by atoms with Gasteiger partial charge in [0, 0.05) is 28.8 Å². The number of halogens is 1. The number of hydrogen-bond donors (Lipinski definition) is 0. The lowest BCUT2D eigenvalue weighted by molar-refractivity contribution is -0.142. The number of ether oxygens (including phenoxy) is 1. The van der Waals surface area contributed by atoms with Crippen LogP contribution in [0, 0.1) is 17.8 Å². The maximum Gasteiger partial charge on any atom is 0.306 e. The lowest BCUT2D eigenvalue weighted by Gasteiger charge is -2.29. The molecule has 0 bridgehead atoms. The van der Waals surface area contributed by atoms with Crippen LogP contribution in [0.1, 0.15) is 44.7 Å². The number of carbonyl (C=O) groups excluding carboxylic acids is 1. The van der Waals surface area contributed by atoms with Crippen molar-refractivity contribution < 1.29 is 9.53 Å². The summed E-state index contributed by atoms with van der Waals surface area (Å²) in [5.41, 5.74) is 0.637. The highest BCUT2D eigenvalue weighted by atomic mass is 35.5. The van der Waals surface area contributed by atoms with Crippen LogP contribution >= 0.6 is 23.4 Å². The van der Waals surface area contributed by atoms with E-state index >= 15 is 0 Å². The van der Waals surface area contributed by atoms with Crippen molar-refractivity contribution in [2.24, 2.45) is 5.92 Å². The highest BCUT2D eigenvalue weighted by Gasteiger charge is 2.31. The van der Waals surface area contributed by atoms with Gasteiger partial charge in [0.2, 0.25) is 0 Å². The highest BCUT2D eigenvalue weighted by molar-refractivity contribution is 7.99. The summed E-state index contributed by atoms with van der Waals surface area (Å²) in [4.78, 5) is 19.3. The Morgan fingerprint density at radius 3 is 2.85 bits per heavy atom. The molecule has 1 aliphatic carbocycles. The summed E-state index contributed by atoms with van der Waals surface area (Å²) >= 11 is 8.01. The molecular weight excluding hydrogens is 368 g/mol. The Bertz CT molecular complexity index is 689. The third-order valence-electron chi connectivity index (χ3n) is 4.71. The molecule has 0 aromatic carbocycles. The SMILES string of the molecule is CCOC(=O)CCSc1ccnc(C#CC2CCN(C3CC3)CC2)c1Cl. The molecule has 2 fully saturated rings. The van der Waals surface area contributed by atoms with E-state index in [-0.39, 0.29) is 5.97 Å². The number of nitrogens with zero attached hydrogens (tertiary/aromatic N) is 2. The van der Waals surface area contributed by atoms with Gasteiger partial charge in [-0.3, -0.25) is 4.79 Å². The number of aromatic nitrogens is 1. The average molecular weight is 393 g/mol. The van der Waals surface area contributed by atoms with E-state index in [1.54, 1.807) is 18.0 Å². The van der Waals surface area contributed by atoms with E-state index in [0.29, 0.717) is 35.4 Å². The topological polar surface area (TPSA) is 42.4 Å². The number of rotatable bonds is 6. The van der Waals surface area contributed by atoms with Gasteiger partial charge in [0.1, 0.15) is 5.69 Å². The van der Waals surface area contributed by atoms with E-state index in [0.717, 1.165) is 36.9 Å². The van der Waals surface area contributed by atoms with Crippen LogP contribution in [-0.2, 0) is 9.53 Å². The molecule has 0 spiro atoms. The molecule has 0 radical (unpaired) electrons. The third-order valence-corrected chi connectivity index (χ3v) is 6.26. The monoisotopic (exact) mass is 392 g/mol. The summed E-state index contributed by atoms with van der Waals surface area (Å²) in [6.45, 7) is 4.55. The lowest BCUT2D eigenvalue weighted by Crippen LogP contribution is -2.34. The smallest absolute Gasteiger partial charge is 0.306 e. The highest BCUT2D eigenvalue weighted by Crippen LogP contribution is 2.31. The third kappa shape index (κ3) is 5.64. The van der Waals surface area contributed by atoms with Crippen LogP contribution in [0.25, 0.3) is 0 Å². The molecule has 2 heterocycles. The minimum atomic E-state index is -0.178. The summed E-state index contributed by atoms with van der Waals surface area (Å²) < 4.78 is 4.94. The van der Waals surface area contributed by atoms with Gasteiger partial charge >= 0.3 is 5.97 Å². The molecular formula is C20H25ClN2O2S. The molecule has 0 unspecified atom stereocenters. The van der Waals surface area contributed by atoms with Crippen LogP contribution in [0.2, 0.25) is 5.02 Å². The zero-order valence-corrected chi connectivity index (χ0v) is 16.7. The van der Waals surface area contributed by atoms with Gasteiger partial charge in [-0.05, 0) is 57.7 Å². The fraction of sp³-hybridized carbons (Fsp3) is 0.600. The Kier molecular flexibility index (Phi) is 7.24. The summed E-state index contributed by atoms with van der Waals surface area (Å²) in [5, 5.41) is 0.587. The van der Waals surface area contributed by atoms with Crippen molar-refractivity contribution in [1.29, 1.82) is 0 Å². The summed E-state index contributed by atoms with van der Waals surface area (Å²) in [6, 6.07) is 2.72. The van der Waals surface area contributed by atoms with Gasteiger partial charge in [0.25, 0.3) is 0 Å². The molecule has 1 aromatic heterocycles. The maximum atomic E-state index is 11.4. The van der Waals surface area contributed by atoms with Gasteiger partial charge in [0.05, 0.1) is 18.1 Å². The minimum Gasteiger partial charge on any atom is -0.466 e. The second-order valence-electron chi connectivity index (χ2n) is 6.69. The zero-order valence-electron chi connectivity index (χ0n) is 15.2. The molecule has 1 saturated carbocycles. The predicted molar refractivity (Wildman–Crippen MR) is 105 cm³/mol. The van der Waals surface area contributed by atoms with E-state index in [9.17, 15) is 4.79 Å². The molecule has 1 aliphatic heterocycles. The first-order valence-corrected chi connectivity index (χ1v) is 10.7. The van der Waals surface area contributed by atoms with Crippen LogP contribution in [0.4, 0.5) is 0 Å². The minimum absolute atomic E-state index is 0.178. The van der Waals surface area contributed by atoms with Crippen LogP contribution in [0.5, 0.6) is 0 Å². The van der Waals surface area contributed by atoms with Crippen molar-refractivity contribution >= 4 is 29.3 Å². The second kappa shape index (κ2) is 9.64. The quantitative estimate of drug-likeness (QED) is 0.415. The lowest BCUT2D eigenvalue weighted by atomic mass is 9.97. The van der Waals surface area contributed by atoms with Crippen LogP contribution in [0.3, 0.4) is 0 Å². The normalized spacial score (nSPS) is 18.2. The molecule has 6 heteroatoms. The van der Waals surface area contributed by atoms with E-state index in [1.165, 1.54) is 12.8 Å². The fourth-order valence-corrected chi connectivity index (χ4v) is 4.31. The van der Waals surface area contributed by atoms with Crippen molar-refractivity contribution in [2.45, 2.75) is 50.0 Å². The van der Waals surface area contributed by atoms with Crippen LogP contribution in [-0.4, -0.2) is 47.3 Å². The molecule has 0 amide bonds. The van der Waals surface area contributed by atoms with Crippen LogP contribution < -0.4 is 0 Å². The Morgan fingerprint density at radius 2 is 2.15 bits per heavy atom. The summed E-state index contributed by atoms with van der Waals surface area (Å²) in [7, 11) is 0. The van der Waals surface area contributed by atoms with E-state index in [1.807, 2.05) is 13.0 Å². The molecule has 26 heavy (non-hydrogen) atoms. The van der Waals surface area contributed by atoms with Crippen molar-refractivity contribution in [1.82, 2.24) is 9.88 Å². The summed E-state index contributed by atoms with van der Waals surface area (Å²) in [6.07, 6.45) is 7.12. The molecule has 4 nitrogen and oxygen atoms in total. The van der Waals surface area contributed by atoms with E-state index in [4.69, 9.17) is 16.3 Å². The first-order valence-electron chi connectivity index (χ1n) is 9.36. The fourth-order valence-electron chi connectivity index (χ4n) is 3.12. The van der Waals surface area contributed by atoms with Gasteiger partial charge < -0.3 is 9.64 Å². The van der Waals surface area contributed by atoms with E-state index < -0.39 is 0 Å². The van der Waals surface area contributed by atoms with Crippen LogP contribution in [0.15, 0.2) is 17.2 Å². The standard InChI is InChI=1S/C20H25ClN2O2S/c1-2-25-19(24)10-14-26-18-7-11-22-17(20(18)21)6-3-15-8-12-23(13-9-15)16-4-5-16/h7,11,15-16H,2,4-5,8-10,12-14H2,1H3. The molecule has 3 rings (SSSR count). The Labute approximate surface area is 165 Å².